The van der Waals surface area contributed by atoms with Crippen LogP contribution in [0, 0.1) is 0 Å². The van der Waals surface area contributed by atoms with E-state index < -0.39 is 11.7 Å². The second-order valence-electron chi connectivity index (χ2n) is 4.47. The quantitative estimate of drug-likeness (QED) is 0.616. The summed E-state index contributed by atoms with van der Waals surface area (Å²) in [5, 5.41) is 19.0. The van der Waals surface area contributed by atoms with Crippen LogP contribution in [0.15, 0.2) is 0 Å². The molecule has 0 aliphatic carbocycles. The maximum absolute atomic E-state index is 9.58. The van der Waals surface area contributed by atoms with Crippen molar-refractivity contribution in [3.63, 3.8) is 0 Å². The lowest BCUT2D eigenvalue weighted by molar-refractivity contribution is 0.0266. The van der Waals surface area contributed by atoms with E-state index in [0.29, 0.717) is 19.4 Å². The first-order chi connectivity index (χ1) is 5.33. The highest BCUT2D eigenvalue weighted by molar-refractivity contribution is 4.94. The topological polar surface area (TPSA) is 53.0 Å². The molecule has 0 radical (unpaired) electrons. The molecule has 1 aliphatic rings. The molecule has 0 aromatic heterocycles. The van der Waals surface area contributed by atoms with Gasteiger partial charge in [0.1, 0.15) is 5.60 Å². The van der Waals surface area contributed by atoms with Crippen LogP contribution in [0.4, 0.5) is 0 Å². The van der Waals surface area contributed by atoms with Gasteiger partial charge >= 0.3 is 0 Å². The van der Waals surface area contributed by atoms with E-state index in [1.54, 1.807) is 13.8 Å². The Bertz CT molecular complexity index is 156. The van der Waals surface area contributed by atoms with E-state index in [4.69, 9.17) is 4.74 Å². The Balaban J connectivity index is 2.23. The monoisotopic (exact) mass is 174 g/mol. The molecule has 0 unspecified atom stereocenters. The molecule has 12 heavy (non-hydrogen) atoms. The third kappa shape index (κ3) is 2.73. The fraction of sp³-hybridized carbons (Fsp3) is 1.00. The number of rotatable bonds is 4. The number of aliphatic hydroxyl groups is 2. The van der Waals surface area contributed by atoms with Gasteiger partial charge < -0.3 is 14.9 Å². The average molecular weight is 174 g/mol. The average Bonchev–Trinajstić information content (AvgIpc) is 2.62. The van der Waals surface area contributed by atoms with Crippen LogP contribution in [-0.4, -0.2) is 34.1 Å². The maximum atomic E-state index is 9.58. The molecule has 1 fully saturated rings. The van der Waals surface area contributed by atoms with Gasteiger partial charge in [-0.1, -0.05) is 0 Å². The summed E-state index contributed by atoms with van der Waals surface area (Å²) in [4.78, 5) is 0. The number of epoxide rings is 1. The standard InChI is InChI=1S/C9H18O3/c1-8(2,11)5-4-7(10)9(3)6-12-9/h7,10-11H,4-6H2,1-3H3/t7-,9-/m1/s1. The van der Waals surface area contributed by atoms with E-state index in [-0.39, 0.29) is 5.60 Å². The summed E-state index contributed by atoms with van der Waals surface area (Å²) >= 11 is 0. The molecule has 2 atom stereocenters. The predicted octanol–water partition coefficient (Wildman–Crippen LogP) is 0.687. The minimum Gasteiger partial charge on any atom is -0.390 e. The van der Waals surface area contributed by atoms with Gasteiger partial charge in [0.05, 0.1) is 18.3 Å². The first-order valence-corrected chi connectivity index (χ1v) is 4.38. The van der Waals surface area contributed by atoms with Gasteiger partial charge in [-0.2, -0.15) is 0 Å². The molecular weight excluding hydrogens is 156 g/mol. The smallest absolute Gasteiger partial charge is 0.115 e. The van der Waals surface area contributed by atoms with Crippen molar-refractivity contribution < 1.29 is 14.9 Å². The lowest BCUT2D eigenvalue weighted by Gasteiger charge is -2.21. The Morgan fingerprint density at radius 2 is 2.08 bits per heavy atom. The molecule has 1 heterocycles. The zero-order chi connectivity index (χ0) is 9.41. The Morgan fingerprint density at radius 3 is 2.42 bits per heavy atom. The summed E-state index contributed by atoms with van der Waals surface area (Å²) in [6, 6.07) is 0. The number of hydrogen-bond donors (Lipinski definition) is 2. The van der Waals surface area contributed by atoms with E-state index in [1.807, 2.05) is 6.92 Å². The van der Waals surface area contributed by atoms with Gasteiger partial charge in [0.15, 0.2) is 0 Å². The van der Waals surface area contributed by atoms with Gasteiger partial charge in [-0.05, 0) is 33.6 Å². The zero-order valence-electron chi connectivity index (χ0n) is 8.00. The molecule has 0 spiro atoms. The number of ether oxygens (including phenoxy) is 1. The van der Waals surface area contributed by atoms with Crippen molar-refractivity contribution in [2.75, 3.05) is 6.61 Å². The molecule has 72 valence electrons. The van der Waals surface area contributed by atoms with Gasteiger partial charge in [0.2, 0.25) is 0 Å². The van der Waals surface area contributed by atoms with E-state index >= 15 is 0 Å². The summed E-state index contributed by atoms with van der Waals surface area (Å²) in [6.07, 6.45) is 0.761. The molecule has 1 aliphatic heterocycles. The molecule has 0 aromatic rings. The van der Waals surface area contributed by atoms with Gasteiger partial charge in [0.25, 0.3) is 0 Å². The van der Waals surface area contributed by atoms with Crippen molar-refractivity contribution in [3.8, 4) is 0 Å². The second kappa shape index (κ2) is 2.98. The van der Waals surface area contributed by atoms with Crippen LogP contribution in [0.2, 0.25) is 0 Å². The van der Waals surface area contributed by atoms with Crippen LogP contribution in [0.25, 0.3) is 0 Å². The Labute approximate surface area is 73.4 Å². The first kappa shape index (κ1) is 9.96. The summed E-state index contributed by atoms with van der Waals surface area (Å²) in [6.45, 7) is 6.02. The van der Waals surface area contributed by atoms with Crippen LogP contribution in [0.5, 0.6) is 0 Å². The van der Waals surface area contributed by atoms with Crippen LogP contribution >= 0.6 is 0 Å². The second-order valence-corrected chi connectivity index (χ2v) is 4.47. The van der Waals surface area contributed by atoms with Crippen molar-refractivity contribution in [2.24, 2.45) is 0 Å². The maximum Gasteiger partial charge on any atom is 0.115 e. The highest BCUT2D eigenvalue weighted by atomic mass is 16.6. The largest absolute Gasteiger partial charge is 0.390 e. The Morgan fingerprint density at radius 1 is 1.58 bits per heavy atom. The highest BCUT2D eigenvalue weighted by Crippen LogP contribution is 2.33. The number of hydrogen-bond acceptors (Lipinski definition) is 3. The molecule has 1 rings (SSSR count). The third-order valence-electron chi connectivity index (χ3n) is 2.33. The van der Waals surface area contributed by atoms with Gasteiger partial charge in [-0.25, -0.2) is 0 Å². The van der Waals surface area contributed by atoms with Crippen molar-refractivity contribution in [3.05, 3.63) is 0 Å². The SMILES string of the molecule is CC(C)(O)CC[C@@H](O)[C@@]1(C)CO1. The van der Waals surface area contributed by atoms with Crippen molar-refractivity contribution in [2.45, 2.75) is 50.9 Å². The normalized spacial score (nSPS) is 31.8. The summed E-state index contributed by atoms with van der Waals surface area (Å²) < 4.78 is 5.09. The first-order valence-electron chi connectivity index (χ1n) is 4.38. The van der Waals surface area contributed by atoms with Crippen LogP contribution in [0.1, 0.15) is 33.6 Å². The van der Waals surface area contributed by atoms with Gasteiger partial charge in [-0.15, -0.1) is 0 Å². The minimum atomic E-state index is -0.688. The van der Waals surface area contributed by atoms with Crippen LogP contribution in [0.3, 0.4) is 0 Å². The Hall–Kier alpha value is -0.120. The van der Waals surface area contributed by atoms with E-state index in [9.17, 15) is 10.2 Å². The van der Waals surface area contributed by atoms with Crippen molar-refractivity contribution >= 4 is 0 Å². The van der Waals surface area contributed by atoms with Crippen LogP contribution in [-0.2, 0) is 4.74 Å². The molecule has 0 amide bonds. The fourth-order valence-electron chi connectivity index (χ4n) is 1.10. The Kier molecular flexibility index (Phi) is 2.47. The van der Waals surface area contributed by atoms with E-state index in [2.05, 4.69) is 0 Å². The molecule has 1 saturated heterocycles. The van der Waals surface area contributed by atoms with Crippen LogP contribution < -0.4 is 0 Å². The summed E-state index contributed by atoms with van der Waals surface area (Å²) in [5.74, 6) is 0. The molecule has 3 heteroatoms. The van der Waals surface area contributed by atoms with Crippen molar-refractivity contribution in [1.82, 2.24) is 0 Å². The molecule has 2 N–H and O–H groups in total. The highest BCUT2D eigenvalue weighted by Gasteiger charge is 2.46. The molecule has 3 nitrogen and oxygen atoms in total. The minimum absolute atomic E-state index is 0.328. The fourth-order valence-corrected chi connectivity index (χ4v) is 1.10. The van der Waals surface area contributed by atoms with E-state index in [0.717, 1.165) is 0 Å². The number of aliphatic hydroxyl groups excluding tert-OH is 1. The zero-order valence-corrected chi connectivity index (χ0v) is 8.00. The van der Waals surface area contributed by atoms with E-state index in [1.165, 1.54) is 0 Å². The summed E-state index contributed by atoms with van der Waals surface area (Å²) in [5.41, 5.74) is -1.02. The molecule has 0 aromatic carbocycles. The predicted molar refractivity (Wildman–Crippen MR) is 45.9 cm³/mol. The summed E-state index contributed by atoms with van der Waals surface area (Å²) in [7, 11) is 0. The van der Waals surface area contributed by atoms with Gasteiger partial charge in [0, 0.05) is 0 Å². The molecule has 0 saturated carbocycles. The lowest BCUT2D eigenvalue weighted by Crippen LogP contribution is -2.29. The third-order valence-corrected chi connectivity index (χ3v) is 2.33. The lowest BCUT2D eigenvalue weighted by atomic mass is 9.95. The van der Waals surface area contributed by atoms with Crippen molar-refractivity contribution in [1.29, 1.82) is 0 Å². The molecular formula is C9H18O3. The van der Waals surface area contributed by atoms with Gasteiger partial charge in [-0.3, -0.25) is 0 Å². The molecule has 0 bridgehead atoms.